The van der Waals surface area contributed by atoms with Crippen molar-refractivity contribution < 1.29 is 8.83 Å². The molecule has 0 N–H and O–H groups in total. The summed E-state index contributed by atoms with van der Waals surface area (Å²) in [6.45, 7) is 28.0. The van der Waals surface area contributed by atoms with E-state index in [1.807, 2.05) is 0 Å². The van der Waals surface area contributed by atoms with Gasteiger partial charge < -0.3 is 23.2 Å². The third-order valence-corrected chi connectivity index (χ3v) is 16.3. The number of fused-ring (bicyclic) bond motifs is 14. The van der Waals surface area contributed by atoms with Crippen LogP contribution >= 0.6 is 0 Å². The molecule has 0 fully saturated rings. The predicted molar refractivity (Wildman–Crippen MR) is 306 cm³/mol. The highest BCUT2D eigenvalue weighted by Gasteiger charge is 2.50. The van der Waals surface area contributed by atoms with Crippen LogP contribution in [0, 0.1) is 0 Å². The molecule has 11 aromatic rings. The standard InChI is InChI=1S/C66H60BN3O2/c1-63(2,3)39-26-27-48-44(30-39)45-31-40(64(4,5)6)35-52-59(45)68(48)53-36-41(65(7,8)9)32-47-61(53)70(52)51-34-42(66(10,11)12)33-50-58(51)67(47)62-60(46-29-38(25-28-55(46)72-62)37-19-14-13-15-20-37)69(50)49-22-18-24-56-57(49)43-21-16-17-23-54(43)71-56/h13-36H,1-12H3. The Bertz CT molecular complexity index is 4160. The van der Waals surface area contributed by atoms with E-state index >= 15 is 0 Å². The monoisotopic (exact) mass is 937 g/mol. The zero-order valence-electron chi connectivity index (χ0n) is 43.6. The molecule has 6 heteroatoms. The summed E-state index contributed by atoms with van der Waals surface area (Å²) < 4.78 is 16.9. The van der Waals surface area contributed by atoms with Crippen molar-refractivity contribution in [2.75, 3.05) is 9.80 Å². The first-order chi connectivity index (χ1) is 34.2. The Balaban J connectivity index is 1.19. The zero-order chi connectivity index (χ0) is 49.7. The van der Waals surface area contributed by atoms with Crippen LogP contribution in [0.3, 0.4) is 0 Å². The largest absolute Gasteiger partial charge is 0.468 e. The molecule has 0 spiro atoms. The summed E-state index contributed by atoms with van der Waals surface area (Å²) in [7, 11) is 0. The lowest BCUT2D eigenvalue weighted by Crippen LogP contribution is -2.61. The number of para-hydroxylation sites is 1. The molecule has 3 aliphatic rings. The molecule has 72 heavy (non-hydrogen) atoms. The maximum Gasteiger partial charge on any atom is 0.297 e. The van der Waals surface area contributed by atoms with E-state index in [1.54, 1.807) is 0 Å². The SMILES string of the molecule is CC(C)(C)c1cc2c3c(c1)N1c4c(cc(C(C)(C)C)cc4-n4c5ccc(C(C)(C)C)cc5c5cc(C(C)(C)C)cc1c54)B3c1oc3ccc(-c4ccccc4)cc3c1N2c1cccc2oc3ccccc3c12. The van der Waals surface area contributed by atoms with Crippen molar-refractivity contribution in [1.82, 2.24) is 4.57 Å². The van der Waals surface area contributed by atoms with Gasteiger partial charge in [-0.05, 0) is 139 Å². The average molecular weight is 938 g/mol. The molecular weight excluding hydrogens is 878 g/mol. The number of rotatable bonds is 2. The van der Waals surface area contributed by atoms with Crippen molar-refractivity contribution in [1.29, 1.82) is 0 Å². The molecule has 5 nitrogen and oxygen atoms in total. The lowest BCUT2D eigenvalue weighted by molar-refractivity contribution is 0.589. The molecular formula is C66H60BN3O2. The molecule has 0 unspecified atom stereocenters. The number of benzene rings is 8. The molecule has 3 aromatic heterocycles. The molecule has 0 amide bonds. The van der Waals surface area contributed by atoms with E-state index in [0.717, 1.165) is 61.2 Å². The third kappa shape index (κ3) is 5.95. The highest BCUT2D eigenvalue weighted by Crippen LogP contribution is 2.56. The Kier molecular flexibility index (Phi) is 8.53. The Labute approximate surface area is 422 Å². The molecule has 0 bridgehead atoms. The highest BCUT2D eigenvalue weighted by atomic mass is 16.3. The van der Waals surface area contributed by atoms with Gasteiger partial charge in [0.15, 0.2) is 0 Å². The van der Waals surface area contributed by atoms with Crippen molar-refractivity contribution in [3.8, 4) is 16.8 Å². The van der Waals surface area contributed by atoms with E-state index in [0.29, 0.717) is 0 Å². The van der Waals surface area contributed by atoms with Gasteiger partial charge in [-0.3, -0.25) is 0 Å². The summed E-state index contributed by atoms with van der Waals surface area (Å²) in [5, 5.41) is 5.86. The summed E-state index contributed by atoms with van der Waals surface area (Å²) in [4.78, 5) is 5.23. The van der Waals surface area contributed by atoms with E-state index in [1.165, 1.54) is 83.3 Å². The number of furan rings is 2. The second-order valence-corrected chi connectivity index (χ2v) is 25.1. The molecule has 3 aliphatic heterocycles. The minimum Gasteiger partial charge on any atom is -0.468 e. The third-order valence-electron chi connectivity index (χ3n) is 16.3. The lowest BCUT2D eigenvalue weighted by atomic mass is 9.35. The van der Waals surface area contributed by atoms with Gasteiger partial charge in [-0.1, -0.05) is 156 Å². The fraction of sp³-hybridized carbons (Fsp3) is 0.242. The minimum absolute atomic E-state index is 0.0149. The number of hydrogen-bond donors (Lipinski definition) is 0. The number of aromatic nitrogens is 1. The molecule has 0 saturated heterocycles. The van der Waals surface area contributed by atoms with E-state index in [-0.39, 0.29) is 28.4 Å². The summed E-state index contributed by atoms with van der Waals surface area (Å²) in [5.41, 5.74) is 23.8. The van der Waals surface area contributed by atoms with Crippen molar-refractivity contribution in [2.24, 2.45) is 0 Å². The second-order valence-electron chi connectivity index (χ2n) is 25.1. The molecule has 8 aromatic carbocycles. The normalized spacial score (nSPS) is 14.3. The van der Waals surface area contributed by atoms with E-state index in [2.05, 4.69) is 243 Å². The second kappa shape index (κ2) is 14.2. The van der Waals surface area contributed by atoms with Gasteiger partial charge in [0.25, 0.3) is 6.71 Å². The van der Waals surface area contributed by atoms with Gasteiger partial charge in [0.2, 0.25) is 0 Å². The first-order valence-corrected chi connectivity index (χ1v) is 25.9. The maximum atomic E-state index is 7.57. The fourth-order valence-electron chi connectivity index (χ4n) is 12.3. The average Bonchev–Trinajstić information content (AvgIpc) is 4.02. The van der Waals surface area contributed by atoms with Gasteiger partial charge in [0, 0.05) is 32.9 Å². The first-order valence-electron chi connectivity index (χ1n) is 25.9. The Morgan fingerprint density at radius 3 is 1.71 bits per heavy atom. The topological polar surface area (TPSA) is 37.7 Å². The van der Waals surface area contributed by atoms with Crippen LogP contribution in [0.5, 0.6) is 0 Å². The van der Waals surface area contributed by atoms with Crippen LogP contribution in [0.1, 0.15) is 105 Å². The van der Waals surface area contributed by atoms with E-state index in [9.17, 15) is 0 Å². The number of hydrogen-bond acceptors (Lipinski definition) is 4. The summed E-state index contributed by atoms with van der Waals surface area (Å²) >= 11 is 0. The van der Waals surface area contributed by atoms with Crippen molar-refractivity contribution in [2.45, 2.75) is 105 Å². The first kappa shape index (κ1) is 43.4. The van der Waals surface area contributed by atoms with Gasteiger partial charge in [0.05, 0.1) is 50.5 Å². The predicted octanol–water partition coefficient (Wildman–Crippen LogP) is 16.7. The Morgan fingerprint density at radius 1 is 0.389 bits per heavy atom. The molecule has 0 radical (unpaired) electrons. The summed E-state index contributed by atoms with van der Waals surface area (Å²) in [6.07, 6.45) is 0. The molecule has 0 aliphatic carbocycles. The summed E-state index contributed by atoms with van der Waals surface area (Å²) in [5.74, 6) is 0. The lowest BCUT2D eigenvalue weighted by Gasteiger charge is -2.46. The molecule has 0 saturated carbocycles. The highest BCUT2D eigenvalue weighted by molar-refractivity contribution is 7.00. The minimum atomic E-state index is -0.229. The van der Waals surface area contributed by atoms with Crippen LogP contribution in [0.4, 0.5) is 34.1 Å². The zero-order valence-corrected chi connectivity index (χ0v) is 43.6. The van der Waals surface area contributed by atoms with Gasteiger partial charge >= 0.3 is 0 Å². The van der Waals surface area contributed by atoms with Gasteiger partial charge in [-0.25, -0.2) is 0 Å². The van der Waals surface area contributed by atoms with E-state index in [4.69, 9.17) is 8.83 Å². The van der Waals surface area contributed by atoms with Crippen molar-refractivity contribution in [3.63, 3.8) is 0 Å². The maximum absolute atomic E-state index is 7.57. The van der Waals surface area contributed by atoms with Crippen LogP contribution in [0.2, 0.25) is 0 Å². The molecule has 6 heterocycles. The van der Waals surface area contributed by atoms with Gasteiger partial charge in [-0.2, -0.15) is 0 Å². The van der Waals surface area contributed by atoms with Crippen LogP contribution in [0.15, 0.2) is 154 Å². The van der Waals surface area contributed by atoms with Gasteiger partial charge in [-0.15, -0.1) is 0 Å². The quantitative estimate of drug-likeness (QED) is 0.162. The molecule has 14 rings (SSSR count). The molecule has 0 atom stereocenters. The fourth-order valence-corrected chi connectivity index (χ4v) is 12.3. The number of nitrogens with zero attached hydrogens (tertiary/aromatic N) is 3. The van der Waals surface area contributed by atoms with Crippen LogP contribution < -0.4 is 26.4 Å². The Hall–Kier alpha value is -7.44. The van der Waals surface area contributed by atoms with Crippen LogP contribution in [-0.2, 0) is 21.7 Å². The Morgan fingerprint density at radius 2 is 0.986 bits per heavy atom. The number of anilines is 6. The van der Waals surface area contributed by atoms with Crippen molar-refractivity contribution in [3.05, 3.63) is 168 Å². The summed E-state index contributed by atoms with van der Waals surface area (Å²) in [6, 6.07) is 54.9. The van der Waals surface area contributed by atoms with E-state index < -0.39 is 0 Å². The molecule has 354 valence electrons. The smallest absolute Gasteiger partial charge is 0.297 e. The van der Waals surface area contributed by atoms with Gasteiger partial charge in [0.1, 0.15) is 16.7 Å². The van der Waals surface area contributed by atoms with Crippen molar-refractivity contribution >= 4 is 112 Å². The van der Waals surface area contributed by atoms with Crippen LogP contribution in [0.25, 0.3) is 71.5 Å². The van der Waals surface area contributed by atoms with Crippen LogP contribution in [-0.4, -0.2) is 11.3 Å².